The number of ether oxygens (including phenoxy) is 1. The van der Waals surface area contributed by atoms with Crippen LogP contribution in [-0.4, -0.2) is 12.1 Å². The van der Waals surface area contributed by atoms with Crippen molar-refractivity contribution in [2.75, 3.05) is 6.61 Å². The van der Waals surface area contributed by atoms with Gasteiger partial charge in [-0.1, -0.05) is 21.9 Å². The first-order valence-corrected chi connectivity index (χ1v) is 7.31. The van der Waals surface area contributed by atoms with E-state index in [9.17, 15) is 0 Å². The molecule has 0 saturated carbocycles. The zero-order valence-corrected chi connectivity index (χ0v) is 14.0. The standard InChI is InChI=1S/C14H17Br2NO/c1-5-14(3,4)17-9-10-7-11(15)8-12(16)13(10)18-6-2/h1,7-8,17H,6,9H2,2-4H3. The Kier molecular flexibility index (Phi) is 5.71. The van der Waals surface area contributed by atoms with Gasteiger partial charge in [0.15, 0.2) is 0 Å². The Balaban J connectivity index is 2.97. The summed E-state index contributed by atoms with van der Waals surface area (Å²) in [7, 11) is 0. The molecule has 0 spiro atoms. The van der Waals surface area contributed by atoms with Crippen LogP contribution in [0.5, 0.6) is 5.75 Å². The molecule has 0 saturated heterocycles. The Labute approximate surface area is 126 Å². The first kappa shape index (κ1) is 15.6. The molecule has 0 bridgehead atoms. The highest BCUT2D eigenvalue weighted by Gasteiger charge is 2.15. The fourth-order valence-electron chi connectivity index (χ4n) is 1.42. The molecule has 1 aromatic carbocycles. The van der Waals surface area contributed by atoms with Crippen LogP contribution in [-0.2, 0) is 6.54 Å². The van der Waals surface area contributed by atoms with Crippen molar-refractivity contribution in [3.8, 4) is 18.1 Å². The second kappa shape index (κ2) is 6.60. The number of hydrogen-bond acceptors (Lipinski definition) is 2. The van der Waals surface area contributed by atoms with Crippen LogP contribution in [0.25, 0.3) is 0 Å². The van der Waals surface area contributed by atoms with E-state index in [1.54, 1.807) is 0 Å². The minimum absolute atomic E-state index is 0.335. The first-order valence-electron chi connectivity index (χ1n) is 5.73. The fourth-order valence-corrected chi connectivity index (χ4v) is 2.85. The van der Waals surface area contributed by atoms with Gasteiger partial charge in [-0.25, -0.2) is 0 Å². The molecule has 4 heteroatoms. The van der Waals surface area contributed by atoms with Crippen LogP contribution in [0.1, 0.15) is 26.3 Å². The van der Waals surface area contributed by atoms with E-state index in [4.69, 9.17) is 11.2 Å². The summed E-state index contributed by atoms with van der Waals surface area (Å²) in [5.41, 5.74) is 0.736. The van der Waals surface area contributed by atoms with Gasteiger partial charge in [0.2, 0.25) is 0 Å². The highest BCUT2D eigenvalue weighted by atomic mass is 79.9. The van der Waals surface area contributed by atoms with Gasteiger partial charge in [-0.05, 0) is 48.8 Å². The van der Waals surface area contributed by atoms with Crippen LogP contribution in [0.2, 0.25) is 0 Å². The summed E-state index contributed by atoms with van der Waals surface area (Å²) in [5, 5.41) is 3.32. The van der Waals surface area contributed by atoms with Gasteiger partial charge in [0.25, 0.3) is 0 Å². The lowest BCUT2D eigenvalue weighted by molar-refractivity contribution is 0.331. The van der Waals surface area contributed by atoms with Crippen molar-refractivity contribution in [1.29, 1.82) is 0 Å². The van der Waals surface area contributed by atoms with Crippen LogP contribution < -0.4 is 10.1 Å². The highest BCUT2D eigenvalue weighted by Crippen LogP contribution is 2.33. The third kappa shape index (κ3) is 4.31. The molecule has 0 aliphatic rings. The smallest absolute Gasteiger partial charge is 0.138 e. The molecule has 18 heavy (non-hydrogen) atoms. The molecule has 1 N–H and O–H groups in total. The summed E-state index contributed by atoms with van der Waals surface area (Å²) >= 11 is 7.00. The van der Waals surface area contributed by atoms with E-state index in [1.807, 2.05) is 32.9 Å². The van der Waals surface area contributed by atoms with Crippen molar-refractivity contribution in [1.82, 2.24) is 5.32 Å². The van der Waals surface area contributed by atoms with Crippen LogP contribution in [0.3, 0.4) is 0 Å². The Morgan fingerprint density at radius 1 is 1.39 bits per heavy atom. The van der Waals surface area contributed by atoms with E-state index in [-0.39, 0.29) is 5.54 Å². The fraction of sp³-hybridized carbons (Fsp3) is 0.429. The van der Waals surface area contributed by atoms with Crippen LogP contribution >= 0.6 is 31.9 Å². The normalized spacial score (nSPS) is 11.1. The van der Waals surface area contributed by atoms with E-state index < -0.39 is 0 Å². The number of hydrogen-bond donors (Lipinski definition) is 1. The van der Waals surface area contributed by atoms with E-state index in [0.29, 0.717) is 13.2 Å². The molecule has 2 nitrogen and oxygen atoms in total. The van der Waals surface area contributed by atoms with Gasteiger partial charge < -0.3 is 4.74 Å². The van der Waals surface area contributed by atoms with Crippen LogP contribution in [0.15, 0.2) is 21.1 Å². The summed E-state index contributed by atoms with van der Waals surface area (Å²) in [6.45, 7) is 7.20. The molecule has 0 fully saturated rings. The maximum Gasteiger partial charge on any atom is 0.138 e. The second-order valence-corrected chi connectivity index (χ2v) is 6.20. The lowest BCUT2D eigenvalue weighted by atomic mass is 10.1. The quantitative estimate of drug-likeness (QED) is 0.783. The monoisotopic (exact) mass is 373 g/mol. The van der Waals surface area contributed by atoms with Crippen LogP contribution in [0, 0.1) is 12.3 Å². The van der Waals surface area contributed by atoms with Gasteiger partial charge in [-0.15, -0.1) is 6.42 Å². The number of rotatable bonds is 5. The molecule has 0 unspecified atom stereocenters. The van der Waals surface area contributed by atoms with Gasteiger partial charge in [-0.3, -0.25) is 5.32 Å². The number of terminal acetylenes is 1. The third-order valence-corrected chi connectivity index (χ3v) is 3.50. The Hall–Kier alpha value is -0.500. The first-order chi connectivity index (χ1) is 8.39. The molecule has 0 aliphatic heterocycles. The SMILES string of the molecule is C#CC(C)(C)NCc1cc(Br)cc(Br)c1OCC. The van der Waals surface area contributed by atoms with Gasteiger partial charge in [-0.2, -0.15) is 0 Å². The van der Waals surface area contributed by atoms with Crippen molar-refractivity contribution in [3.05, 3.63) is 26.6 Å². The molecule has 0 heterocycles. The summed E-state index contributed by atoms with van der Waals surface area (Å²) < 4.78 is 7.61. The Morgan fingerprint density at radius 2 is 2.06 bits per heavy atom. The van der Waals surface area contributed by atoms with Crippen molar-refractivity contribution >= 4 is 31.9 Å². The van der Waals surface area contributed by atoms with Gasteiger partial charge in [0, 0.05) is 16.6 Å². The molecule has 98 valence electrons. The van der Waals surface area contributed by atoms with Crippen LogP contribution in [0.4, 0.5) is 0 Å². The lowest BCUT2D eigenvalue weighted by Gasteiger charge is -2.21. The second-order valence-electron chi connectivity index (χ2n) is 4.43. The van der Waals surface area contributed by atoms with Crippen molar-refractivity contribution in [2.45, 2.75) is 32.9 Å². The zero-order chi connectivity index (χ0) is 13.8. The molecule has 0 aliphatic carbocycles. The number of benzene rings is 1. The predicted octanol–water partition coefficient (Wildman–Crippen LogP) is 4.11. The molecule has 1 aromatic rings. The number of halogens is 2. The minimum atomic E-state index is -0.335. The average molecular weight is 375 g/mol. The molecule has 0 amide bonds. The van der Waals surface area contributed by atoms with E-state index in [0.717, 1.165) is 20.3 Å². The summed E-state index contributed by atoms with van der Waals surface area (Å²) in [6.07, 6.45) is 5.46. The van der Waals surface area contributed by atoms with Gasteiger partial charge >= 0.3 is 0 Å². The molecule has 0 radical (unpaired) electrons. The van der Waals surface area contributed by atoms with Gasteiger partial charge in [0.1, 0.15) is 5.75 Å². The Bertz CT molecular complexity index is 464. The highest BCUT2D eigenvalue weighted by molar-refractivity contribution is 9.11. The topological polar surface area (TPSA) is 21.3 Å². The maximum atomic E-state index is 5.66. The van der Waals surface area contributed by atoms with E-state index in [1.165, 1.54) is 0 Å². The predicted molar refractivity (Wildman–Crippen MR) is 82.8 cm³/mol. The number of nitrogens with one attached hydrogen (secondary N) is 1. The summed E-state index contributed by atoms with van der Waals surface area (Å²) in [5.74, 6) is 3.58. The molecular formula is C14H17Br2NO. The summed E-state index contributed by atoms with van der Waals surface area (Å²) in [4.78, 5) is 0. The maximum absolute atomic E-state index is 5.66. The third-order valence-electron chi connectivity index (χ3n) is 2.46. The average Bonchev–Trinajstić information content (AvgIpc) is 2.30. The van der Waals surface area contributed by atoms with E-state index in [2.05, 4.69) is 43.1 Å². The molecule has 1 rings (SSSR count). The Morgan fingerprint density at radius 3 is 2.61 bits per heavy atom. The van der Waals surface area contributed by atoms with Gasteiger partial charge in [0.05, 0.1) is 16.6 Å². The van der Waals surface area contributed by atoms with Crippen molar-refractivity contribution in [2.24, 2.45) is 0 Å². The van der Waals surface area contributed by atoms with E-state index >= 15 is 0 Å². The molecular weight excluding hydrogens is 358 g/mol. The minimum Gasteiger partial charge on any atom is -0.492 e. The zero-order valence-electron chi connectivity index (χ0n) is 10.8. The lowest BCUT2D eigenvalue weighted by Crippen LogP contribution is -2.37. The molecule has 0 atom stereocenters. The van der Waals surface area contributed by atoms with Crippen molar-refractivity contribution in [3.63, 3.8) is 0 Å². The molecule has 0 aromatic heterocycles. The van der Waals surface area contributed by atoms with Crippen molar-refractivity contribution < 1.29 is 4.74 Å². The summed E-state index contributed by atoms with van der Waals surface area (Å²) in [6, 6.07) is 4.01. The largest absolute Gasteiger partial charge is 0.492 e.